The van der Waals surface area contributed by atoms with Crippen molar-refractivity contribution in [3.05, 3.63) is 29.8 Å². The standard InChI is InChI=1S/C15H23N3O/c1-12(19)17-10-13-6-8-18(9-7-13)11-14-4-2-3-5-15(14)16/h2-5,13H,6-11,16H2,1H3,(H,17,19). The summed E-state index contributed by atoms with van der Waals surface area (Å²) in [6, 6.07) is 8.06. The van der Waals surface area contributed by atoms with Gasteiger partial charge in [-0.3, -0.25) is 9.69 Å². The van der Waals surface area contributed by atoms with E-state index >= 15 is 0 Å². The third kappa shape index (κ3) is 4.24. The molecule has 1 saturated heterocycles. The molecule has 19 heavy (non-hydrogen) atoms. The number of hydrogen-bond acceptors (Lipinski definition) is 3. The van der Waals surface area contributed by atoms with Crippen molar-refractivity contribution >= 4 is 11.6 Å². The van der Waals surface area contributed by atoms with Gasteiger partial charge >= 0.3 is 0 Å². The number of nitrogens with two attached hydrogens (primary N) is 1. The summed E-state index contributed by atoms with van der Waals surface area (Å²) in [4.78, 5) is 13.3. The van der Waals surface area contributed by atoms with Crippen molar-refractivity contribution in [2.24, 2.45) is 5.92 Å². The highest BCUT2D eigenvalue weighted by Gasteiger charge is 2.19. The molecule has 1 aliphatic rings. The van der Waals surface area contributed by atoms with Crippen LogP contribution in [0, 0.1) is 5.92 Å². The fourth-order valence-corrected chi connectivity index (χ4v) is 2.56. The van der Waals surface area contributed by atoms with E-state index in [9.17, 15) is 4.79 Å². The fraction of sp³-hybridized carbons (Fsp3) is 0.533. The zero-order valence-corrected chi connectivity index (χ0v) is 11.6. The van der Waals surface area contributed by atoms with E-state index in [0.29, 0.717) is 5.92 Å². The maximum absolute atomic E-state index is 10.9. The molecular weight excluding hydrogens is 238 g/mol. The lowest BCUT2D eigenvalue weighted by molar-refractivity contribution is -0.119. The number of nitrogens with zero attached hydrogens (tertiary/aromatic N) is 1. The summed E-state index contributed by atoms with van der Waals surface area (Å²) in [6.07, 6.45) is 2.29. The zero-order valence-electron chi connectivity index (χ0n) is 11.6. The van der Waals surface area contributed by atoms with Gasteiger partial charge in [0.05, 0.1) is 0 Å². The first-order valence-corrected chi connectivity index (χ1v) is 6.95. The van der Waals surface area contributed by atoms with Crippen molar-refractivity contribution < 1.29 is 4.79 Å². The van der Waals surface area contributed by atoms with Crippen LogP contribution in [0.3, 0.4) is 0 Å². The first-order chi connectivity index (χ1) is 9.15. The van der Waals surface area contributed by atoms with Gasteiger partial charge < -0.3 is 11.1 Å². The summed E-state index contributed by atoms with van der Waals surface area (Å²) in [5.74, 6) is 0.688. The maximum Gasteiger partial charge on any atom is 0.216 e. The van der Waals surface area contributed by atoms with E-state index in [-0.39, 0.29) is 5.91 Å². The van der Waals surface area contributed by atoms with Gasteiger partial charge in [-0.1, -0.05) is 18.2 Å². The molecule has 0 unspecified atom stereocenters. The summed E-state index contributed by atoms with van der Waals surface area (Å²) >= 11 is 0. The molecule has 1 aliphatic heterocycles. The molecule has 2 rings (SSSR count). The molecular formula is C15H23N3O. The highest BCUT2D eigenvalue weighted by atomic mass is 16.1. The number of benzene rings is 1. The second-order valence-corrected chi connectivity index (χ2v) is 5.36. The number of piperidine rings is 1. The van der Waals surface area contributed by atoms with Crippen LogP contribution in [0.2, 0.25) is 0 Å². The summed E-state index contributed by atoms with van der Waals surface area (Å²) in [7, 11) is 0. The number of carbonyl (C=O) groups excluding carboxylic acids is 1. The molecule has 0 aromatic heterocycles. The number of nitrogen functional groups attached to an aromatic ring is 1. The van der Waals surface area contributed by atoms with Crippen LogP contribution in [0.25, 0.3) is 0 Å². The molecule has 1 amide bonds. The molecule has 1 aromatic rings. The molecule has 4 nitrogen and oxygen atoms in total. The Balaban J connectivity index is 1.77. The lowest BCUT2D eigenvalue weighted by Gasteiger charge is -2.32. The minimum Gasteiger partial charge on any atom is -0.398 e. The third-order valence-electron chi connectivity index (χ3n) is 3.80. The van der Waals surface area contributed by atoms with Gasteiger partial charge in [-0.2, -0.15) is 0 Å². The van der Waals surface area contributed by atoms with Crippen LogP contribution in [-0.4, -0.2) is 30.4 Å². The Kier molecular flexibility index (Phi) is 4.80. The topological polar surface area (TPSA) is 58.4 Å². The normalized spacial score (nSPS) is 17.3. The van der Waals surface area contributed by atoms with Crippen LogP contribution in [0.15, 0.2) is 24.3 Å². The Morgan fingerprint density at radius 2 is 2.05 bits per heavy atom. The van der Waals surface area contributed by atoms with Gasteiger partial charge in [0, 0.05) is 25.7 Å². The Morgan fingerprint density at radius 1 is 1.37 bits per heavy atom. The van der Waals surface area contributed by atoms with Gasteiger partial charge in [-0.15, -0.1) is 0 Å². The summed E-state index contributed by atoms with van der Waals surface area (Å²) in [6.45, 7) is 5.49. The zero-order chi connectivity index (χ0) is 13.7. The van der Waals surface area contributed by atoms with Crippen molar-refractivity contribution in [3.63, 3.8) is 0 Å². The Morgan fingerprint density at radius 3 is 2.68 bits per heavy atom. The number of hydrogen-bond donors (Lipinski definition) is 2. The first-order valence-electron chi connectivity index (χ1n) is 6.95. The highest BCUT2D eigenvalue weighted by Crippen LogP contribution is 2.20. The molecule has 0 bridgehead atoms. The van der Waals surface area contributed by atoms with Crippen molar-refractivity contribution in [3.8, 4) is 0 Å². The average molecular weight is 261 g/mol. The number of rotatable bonds is 4. The van der Waals surface area contributed by atoms with E-state index < -0.39 is 0 Å². The van der Waals surface area contributed by atoms with Crippen molar-refractivity contribution in [2.45, 2.75) is 26.3 Å². The van der Waals surface area contributed by atoms with E-state index in [0.717, 1.165) is 44.7 Å². The predicted octanol–water partition coefficient (Wildman–Crippen LogP) is 1.62. The van der Waals surface area contributed by atoms with Crippen molar-refractivity contribution in [1.82, 2.24) is 10.2 Å². The van der Waals surface area contributed by atoms with E-state index in [4.69, 9.17) is 5.73 Å². The fourth-order valence-electron chi connectivity index (χ4n) is 2.56. The molecule has 104 valence electrons. The largest absolute Gasteiger partial charge is 0.398 e. The lowest BCUT2D eigenvalue weighted by Crippen LogP contribution is -2.37. The molecule has 1 heterocycles. The van der Waals surface area contributed by atoms with Crippen LogP contribution in [0.4, 0.5) is 5.69 Å². The molecule has 4 heteroatoms. The van der Waals surface area contributed by atoms with Crippen molar-refractivity contribution in [2.75, 3.05) is 25.4 Å². The predicted molar refractivity (Wildman–Crippen MR) is 77.5 cm³/mol. The maximum atomic E-state index is 10.9. The summed E-state index contributed by atoms with van der Waals surface area (Å²) in [5, 5.41) is 2.91. The van der Waals surface area contributed by atoms with Gasteiger partial charge in [0.1, 0.15) is 0 Å². The Bertz CT molecular complexity index is 425. The minimum absolute atomic E-state index is 0.0690. The number of carbonyl (C=O) groups is 1. The van der Waals surface area contributed by atoms with Crippen LogP contribution >= 0.6 is 0 Å². The molecule has 3 N–H and O–H groups in total. The number of anilines is 1. The van der Waals surface area contributed by atoms with E-state index in [1.165, 1.54) is 5.56 Å². The highest BCUT2D eigenvalue weighted by molar-refractivity contribution is 5.72. The van der Waals surface area contributed by atoms with E-state index in [2.05, 4.69) is 16.3 Å². The van der Waals surface area contributed by atoms with Gasteiger partial charge in [0.2, 0.25) is 5.91 Å². The number of para-hydroxylation sites is 1. The molecule has 0 saturated carbocycles. The van der Waals surface area contributed by atoms with Gasteiger partial charge in [-0.05, 0) is 43.5 Å². The smallest absolute Gasteiger partial charge is 0.216 e. The third-order valence-corrected chi connectivity index (χ3v) is 3.80. The molecule has 0 spiro atoms. The lowest BCUT2D eigenvalue weighted by atomic mass is 9.96. The monoisotopic (exact) mass is 261 g/mol. The second-order valence-electron chi connectivity index (χ2n) is 5.36. The van der Waals surface area contributed by atoms with Gasteiger partial charge in [0.15, 0.2) is 0 Å². The second kappa shape index (κ2) is 6.57. The molecule has 0 atom stereocenters. The average Bonchev–Trinajstić information content (AvgIpc) is 2.40. The minimum atomic E-state index is 0.0690. The Labute approximate surface area is 115 Å². The van der Waals surface area contributed by atoms with Crippen molar-refractivity contribution in [1.29, 1.82) is 0 Å². The van der Waals surface area contributed by atoms with Crippen LogP contribution in [0.1, 0.15) is 25.3 Å². The molecule has 1 fully saturated rings. The molecule has 0 aliphatic carbocycles. The van der Waals surface area contributed by atoms with Crippen LogP contribution < -0.4 is 11.1 Å². The number of likely N-dealkylation sites (tertiary alicyclic amines) is 1. The summed E-state index contributed by atoms with van der Waals surface area (Å²) in [5.41, 5.74) is 8.06. The molecule has 0 radical (unpaired) electrons. The quantitative estimate of drug-likeness (QED) is 0.810. The number of amides is 1. The van der Waals surface area contributed by atoms with E-state index in [1.807, 2.05) is 18.2 Å². The Hall–Kier alpha value is -1.55. The van der Waals surface area contributed by atoms with Crippen LogP contribution in [-0.2, 0) is 11.3 Å². The molecule has 1 aromatic carbocycles. The SMILES string of the molecule is CC(=O)NCC1CCN(Cc2ccccc2N)CC1. The van der Waals surface area contributed by atoms with Gasteiger partial charge in [0.25, 0.3) is 0 Å². The van der Waals surface area contributed by atoms with E-state index in [1.54, 1.807) is 6.92 Å². The van der Waals surface area contributed by atoms with Gasteiger partial charge in [-0.25, -0.2) is 0 Å². The summed E-state index contributed by atoms with van der Waals surface area (Å²) < 4.78 is 0. The number of nitrogens with one attached hydrogen (secondary N) is 1. The first kappa shape index (κ1) is 13.9. The van der Waals surface area contributed by atoms with Crippen LogP contribution in [0.5, 0.6) is 0 Å².